The Kier molecular flexibility index (Phi) is 5.60. The Balaban J connectivity index is 1.93. The number of nitrogens with one attached hydrogen (secondary N) is 1. The highest BCUT2D eigenvalue weighted by molar-refractivity contribution is 5.67. The van der Waals surface area contributed by atoms with Gasteiger partial charge in [-0.05, 0) is 25.9 Å². The minimum atomic E-state index is -0.955. The molecule has 5 heteroatoms. The second-order valence-corrected chi connectivity index (χ2v) is 4.00. The minimum Gasteiger partial charge on any atom is -0.481 e. The standard InChI is InChI=1S/C10H20N2O3/c13-9(7-10(14)15)8-11-3-6-12-4-1-2-5-12/h9,11,13H,1-8H2,(H,14,15). The summed E-state index contributed by atoms with van der Waals surface area (Å²) in [6, 6.07) is 0. The topological polar surface area (TPSA) is 72.8 Å². The van der Waals surface area contributed by atoms with Crippen molar-refractivity contribution < 1.29 is 15.0 Å². The second kappa shape index (κ2) is 6.76. The van der Waals surface area contributed by atoms with E-state index < -0.39 is 12.1 Å². The van der Waals surface area contributed by atoms with Gasteiger partial charge in [-0.25, -0.2) is 0 Å². The predicted molar refractivity (Wildman–Crippen MR) is 56.8 cm³/mol. The average molecular weight is 216 g/mol. The van der Waals surface area contributed by atoms with Crippen LogP contribution in [0.3, 0.4) is 0 Å². The van der Waals surface area contributed by atoms with Gasteiger partial charge in [-0.15, -0.1) is 0 Å². The Morgan fingerprint density at radius 1 is 1.40 bits per heavy atom. The molecule has 1 atom stereocenters. The predicted octanol–water partition coefficient (Wildman–Crippen LogP) is -0.493. The van der Waals surface area contributed by atoms with E-state index in [2.05, 4.69) is 10.2 Å². The lowest BCUT2D eigenvalue weighted by atomic mass is 10.2. The first kappa shape index (κ1) is 12.4. The maximum atomic E-state index is 10.3. The van der Waals surface area contributed by atoms with Gasteiger partial charge in [0.25, 0.3) is 0 Å². The molecule has 5 nitrogen and oxygen atoms in total. The molecule has 0 aromatic rings. The van der Waals surface area contributed by atoms with Crippen molar-refractivity contribution in [1.29, 1.82) is 0 Å². The van der Waals surface area contributed by atoms with Gasteiger partial charge in [-0.1, -0.05) is 0 Å². The Morgan fingerprint density at radius 2 is 2.07 bits per heavy atom. The molecule has 0 saturated carbocycles. The molecule has 3 N–H and O–H groups in total. The van der Waals surface area contributed by atoms with Crippen molar-refractivity contribution >= 4 is 5.97 Å². The molecule has 0 aliphatic carbocycles. The van der Waals surface area contributed by atoms with Crippen LogP contribution >= 0.6 is 0 Å². The number of carboxylic acids is 1. The summed E-state index contributed by atoms with van der Waals surface area (Å²) in [5.74, 6) is -0.955. The summed E-state index contributed by atoms with van der Waals surface area (Å²) in [6.07, 6.45) is 1.60. The number of aliphatic carboxylic acids is 1. The second-order valence-electron chi connectivity index (χ2n) is 4.00. The maximum Gasteiger partial charge on any atom is 0.306 e. The lowest BCUT2D eigenvalue weighted by molar-refractivity contribution is -0.139. The molecule has 0 amide bonds. The third kappa shape index (κ3) is 5.71. The first-order chi connectivity index (χ1) is 7.18. The van der Waals surface area contributed by atoms with Gasteiger partial charge in [0.15, 0.2) is 0 Å². The summed E-state index contributed by atoms with van der Waals surface area (Å²) in [7, 11) is 0. The number of carbonyl (C=O) groups is 1. The fraction of sp³-hybridized carbons (Fsp3) is 0.900. The van der Waals surface area contributed by atoms with E-state index in [1.807, 2.05) is 0 Å². The zero-order chi connectivity index (χ0) is 11.1. The summed E-state index contributed by atoms with van der Waals surface area (Å²) in [4.78, 5) is 12.6. The van der Waals surface area contributed by atoms with Crippen molar-refractivity contribution in [2.75, 3.05) is 32.7 Å². The fourth-order valence-corrected chi connectivity index (χ4v) is 1.79. The molecule has 15 heavy (non-hydrogen) atoms. The molecule has 1 fully saturated rings. The van der Waals surface area contributed by atoms with Crippen molar-refractivity contribution in [1.82, 2.24) is 10.2 Å². The molecule has 0 radical (unpaired) electrons. The van der Waals surface area contributed by atoms with Gasteiger partial charge >= 0.3 is 5.97 Å². The molecule has 1 rings (SSSR count). The molecule has 0 aromatic carbocycles. The highest BCUT2D eigenvalue weighted by atomic mass is 16.4. The van der Waals surface area contributed by atoms with Crippen LogP contribution in [0, 0.1) is 0 Å². The summed E-state index contributed by atoms with van der Waals surface area (Å²) in [5, 5.41) is 20.7. The molecule has 1 aliphatic rings. The monoisotopic (exact) mass is 216 g/mol. The molecule has 0 spiro atoms. The van der Waals surface area contributed by atoms with Crippen LogP contribution in [0.1, 0.15) is 19.3 Å². The van der Waals surface area contributed by atoms with Crippen LogP contribution in [0.2, 0.25) is 0 Å². The van der Waals surface area contributed by atoms with Gasteiger partial charge in [0.05, 0.1) is 12.5 Å². The first-order valence-corrected chi connectivity index (χ1v) is 5.51. The normalized spacial score (nSPS) is 19.3. The number of hydrogen-bond acceptors (Lipinski definition) is 4. The molecule has 1 aliphatic heterocycles. The van der Waals surface area contributed by atoms with E-state index in [0.717, 1.165) is 13.1 Å². The summed E-state index contributed by atoms with van der Waals surface area (Å²) < 4.78 is 0. The zero-order valence-electron chi connectivity index (χ0n) is 8.98. The highest BCUT2D eigenvalue weighted by Gasteiger charge is 2.11. The molecule has 0 bridgehead atoms. The maximum absolute atomic E-state index is 10.3. The van der Waals surface area contributed by atoms with E-state index in [-0.39, 0.29) is 6.42 Å². The largest absolute Gasteiger partial charge is 0.481 e. The van der Waals surface area contributed by atoms with Crippen molar-refractivity contribution in [2.24, 2.45) is 0 Å². The fourth-order valence-electron chi connectivity index (χ4n) is 1.79. The van der Waals surface area contributed by atoms with Gasteiger partial charge in [-0.2, -0.15) is 0 Å². The molecule has 1 saturated heterocycles. The van der Waals surface area contributed by atoms with Crippen molar-refractivity contribution in [3.63, 3.8) is 0 Å². The quantitative estimate of drug-likeness (QED) is 0.501. The Hall–Kier alpha value is -0.650. The van der Waals surface area contributed by atoms with E-state index in [4.69, 9.17) is 5.11 Å². The van der Waals surface area contributed by atoms with Crippen LogP contribution in [0.15, 0.2) is 0 Å². The Morgan fingerprint density at radius 3 is 2.67 bits per heavy atom. The van der Waals surface area contributed by atoms with Crippen LogP contribution < -0.4 is 5.32 Å². The van der Waals surface area contributed by atoms with Gasteiger partial charge in [-0.3, -0.25) is 4.79 Å². The number of carboxylic acid groups (broad SMARTS) is 1. The number of aliphatic hydroxyl groups excluding tert-OH is 1. The Labute approximate surface area is 90.1 Å². The van der Waals surface area contributed by atoms with Gasteiger partial charge in [0.2, 0.25) is 0 Å². The average Bonchev–Trinajstić information content (AvgIpc) is 2.63. The van der Waals surface area contributed by atoms with Crippen molar-refractivity contribution in [3.05, 3.63) is 0 Å². The number of rotatable bonds is 7. The molecule has 1 unspecified atom stereocenters. The van der Waals surface area contributed by atoms with Crippen molar-refractivity contribution in [2.45, 2.75) is 25.4 Å². The smallest absolute Gasteiger partial charge is 0.306 e. The van der Waals surface area contributed by atoms with Gasteiger partial charge < -0.3 is 20.4 Å². The van der Waals surface area contributed by atoms with E-state index in [1.165, 1.54) is 25.9 Å². The van der Waals surface area contributed by atoms with Crippen LogP contribution in [0.5, 0.6) is 0 Å². The van der Waals surface area contributed by atoms with Crippen LogP contribution in [0.4, 0.5) is 0 Å². The van der Waals surface area contributed by atoms with E-state index in [1.54, 1.807) is 0 Å². The molecular formula is C10H20N2O3. The lowest BCUT2D eigenvalue weighted by Gasteiger charge is -2.15. The van der Waals surface area contributed by atoms with Gasteiger partial charge in [0.1, 0.15) is 0 Å². The van der Waals surface area contributed by atoms with E-state index in [9.17, 15) is 9.90 Å². The summed E-state index contributed by atoms with van der Waals surface area (Å²) in [5.41, 5.74) is 0. The van der Waals surface area contributed by atoms with Crippen LogP contribution in [0.25, 0.3) is 0 Å². The number of likely N-dealkylation sites (tertiary alicyclic amines) is 1. The van der Waals surface area contributed by atoms with Crippen molar-refractivity contribution in [3.8, 4) is 0 Å². The van der Waals surface area contributed by atoms with E-state index in [0.29, 0.717) is 6.54 Å². The summed E-state index contributed by atoms with van der Waals surface area (Å²) >= 11 is 0. The zero-order valence-corrected chi connectivity index (χ0v) is 8.98. The molecular weight excluding hydrogens is 196 g/mol. The molecule has 1 heterocycles. The Bertz CT molecular complexity index is 193. The van der Waals surface area contributed by atoms with Crippen LogP contribution in [-0.2, 0) is 4.79 Å². The first-order valence-electron chi connectivity index (χ1n) is 5.51. The number of aliphatic hydroxyl groups is 1. The third-order valence-corrected chi connectivity index (χ3v) is 2.59. The number of nitrogens with zero attached hydrogens (tertiary/aromatic N) is 1. The molecule has 88 valence electrons. The molecule has 0 aromatic heterocycles. The summed E-state index contributed by atoms with van der Waals surface area (Å²) in [6.45, 7) is 4.50. The SMILES string of the molecule is O=C(O)CC(O)CNCCN1CCCC1. The highest BCUT2D eigenvalue weighted by Crippen LogP contribution is 2.05. The van der Waals surface area contributed by atoms with E-state index >= 15 is 0 Å². The third-order valence-electron chi connectivity index (χ3n) is 2.59. The lowest BCUT2D eigenvalue weighted by Crippen LogP contribution is -2.34. The van der Waals surface area contributed by atoms with Gasteiger partial charge in [0, 0.05) is 19.6 Å². The number of hydrogen-bond donors (Lipinski definition) is 3. The minimum absolute atomic E-state index is 0.184. The van der Waals surface area contributed by atoms with Crippen LogP contribution in [-0.4, -0.2) is 59.9 Å².